The standard InChI is InChI=1S/C35H36N4O2/c1-26(2)39(30-14-7-4-8-15-30)35(41)25-38-32-17-10-9-16-31(32)37-33(38)18-11-23-36-34(40)24-27-19-21-29(22-20-27)28-12-5-3-6-13-28/h3-10,12-17,19-22,26H,11,18,23-25H2,1-2H3,(H,36,40). The molecule has 0 saturated heterocycles. The van der Waals surface area contributed by atoms with E-state index in [1.54, 1.807) is 0 Å². The summed E-state index contributed by atoms with van der Waals surface area (Å²) in [6, 6.07) is 36.1. The van der Waals surface area contributed by atoms with Crippen LogP contribution in [0, 0.1) is 0 Å². The SMILES string of the molecule is CC(C)N(C(=O)Cn1c(CCCNC(=O)Cc2ccc(-c3ccccc3)cc2)nc2ccccc21)c1ccccc1. The number of aromatic nitrogens is 2. The molecule has 5 aromatic rings. The number of nitrogens with zero attached hydrogens (tertiary/aromatic N) is 3. The molecule has 6 heteroatoms. The fourth-order valence-corrected chi connectivity index (χ4v) is 5.19. The maximum absolute atomic E-state index is 13.6. The molecule has 6 nitrogen and oxygen atoms in total. The second-order valence-electron chi connectivity index (χ2n) is 10.5. The van der Waals surface area contributed by atoms with Crippen molar-refractivity contribution in [1.29, 1.82) is 0 Å². The number of aryl methyl sites for hydroxylation is 1. The molecule has 0 fully saturated rings. The highest BCUT2D eigenvalue weighted by Crippen LogP contribution is 2.22. The van der Waals surface area contributed by atoms with Crippen LogP contribution in [0.3, 0.4) is 0 Å². The summed E-state index contributed by atoms with van der Waals surface area (Å²) in [6.45, 7) is 4.80. The van der Waals surface area contributed by atoms with Gasteiger partial charge in [0.2, 0.25) is 11.8 Å². The van der Waals surface area contributed by atoms with Gasteiger partial charge in [-0.25, -0.2) is 4.98 Å². The molecule has 0 aliphatic carbocycles. The van der Waals surface area contributed by atoms with E-state index in [4.69, 9.17) is 4.98 Å². The van der Waals surface area contributed by atoms with Crippen LogP contribution in [0.4, 0.5) is 5.69 Å². The molecule has 5 rings (SSSR count). The van der Waals surface area contributed by atoms with E-state index < -0.39 is 0 Å². The van der Waals surface area contributed by atoms with Crippen molar-refractivity contribution in [3.63, 3.8) is 0 Å². The highest BCUT2D eigenvalue weighted by atomic mass is 16.2. The summed E-state index contributed by atoms with van der Waals surface area (Å²) in [5, 5.41) is 3.05. The van der Waals surface area contributed by atoms with Gasteiger partial charge in [-0.05, 0) is 61.2 Å². The molecule has 1 heterocycles. The lowest BCUT2D eigenvalue weighted by atomic mass is 10.0. The first-order valence-corrected chi connectivity index (χ1v) is 14.2. The molecular formula is C35H36N4O2. The summed E-state index contributed by atoms with van der Waals surface area (Å²) >= 11 is 0. The normalized spacial score (nSPS) is 11.1. The Balaban J connectivity index is 1.19. The third-order valence-electron chi connectivity index (χ3n) is 7.17. The van der Waals surface area contributed by atoms with Crippen molar-refractivity contribution in [2.45, 2.75) is 45.7 Å². The van der Waals surface area contributed by atoms with Gasteiger partial charge in [-0.15, -0.1) is 0 Å². The van der Waals surface area contributed by atoms with Gasteiger partial charge in [0.25, 0.3) is 0 Å². The van der Waals surface area contributed by atoms with Gasteiger partial charge in [-0.2, -0.15) is 0 Å². The van der Waals surface area contributed by atoms with Crippen LogP contribution in [0.2, 0.25) is 0 Å². The molecule has 0 aliphatic rings. The van der Waals surface area contributed by atoms with Crippen LogP contribution >= 0.6 is 0 Å². The van der Waals surface area contributed by atoms with Gasteiger partial charge in [-0.3, -0.25) is 9.59 Å². The molecule has 0 radical (unpaired) electrons. The Morgan fingerprint density at radius 1 is 0.805 bits per heavy atom. The summed E-state index contributed by atoms with van der Waals surface area (Å²) in [5.74, 6) is 0.862. The summed E-state index contributed by atoms with van der Waals surface area (Å²) < 4.78 is 2.02. The van der Waals surface area contributed by atoms with E-state index in [0.717, 1.165) is 45.7 Å². The van der Waals surface area contributed by atoms with Crippen molar-refractivity contribution in [2.24, 2.45) is 0 Å². The lowest BCUT2D eigenvalue weighted by Gasteiger charge is -2.27. The fourth-order valence-electron chi connectivity index (χ4n) is 5.19. The number of anilines is 1. The van der Waals surface area contributed by atoms with Crippen LogP contribution in [-0.4, -0.2) is 34.0 Å². The Morgan fingerprint density at radius 2 is 1.44 bits per heavy atom. The zero-order valence-corrected chi connectivity index (χ0v) is 23.7. The molecule has 0 saturated carbocycles. The zero-order valence-electron chi connectivity index (χ0n) is 23.7. The van der Waals surface area contributed by atoms with Gasteiger partial charge in [0.1, 0.15) is 12.4 Å². The maximum Gasteiger partial charge on any atom is 0.247 e. The van der Waals surface area contributed by atoms with Crippen LogP contribution in [-0.2, 0) is 29.0 Å². The van der Waals surface area contributed by atoms with Crippen molar-refractivity contribution in [3.05, 3.63) is 121 Å². The number of carbonyl (C=O) groups is 2. The number of rotatable bonds is 11. The highest BCUT2D eigenvalue weighted by Gasteiger charge is 2.21. The smallest absolute Gasteiger partial charge is 0.247 e. The van der Waals surface area contributed by atoms with Crippen LogP contribution in [0.5, 0.6) is 0 Å². The fraction of sp³-hybridized carbons (Fsp3) is 0.229. The van der Waals surface area contributed by atoms with E-state index in [2.05, 4.69) is 29.6 Å². The molecule has 208 valence electrons. The van der Waals surface area contributed by atoms with E-state index in [1.165, 1.54) is 0 Å². The van der Waals surface area contributed by atoms with Crippen molar-refractivity contribution in [2.75, 3.05) is 11.4 Å². The average Bonchev–Trinajstić information content (AvgIpc) is 3.33. The molecule has 2 amide bonds. The van der Waals surface area contributed by atoms with Gasteiger partial charge < -0.3 is 14.8 Å². The van der Waals surface area contributed by atoms with Crippen molar-refractivity contribution in [1.82, 2.24) is 14.9 Å². The molecule has 0 atom stereocenters. The molecule has 1 N–H and O–H groups in total. The topological polar surface area (TPSA) is 67.2 Å². The minimum absolute atomic E-state index is 0.00317. The Kier molecular flexibility index (Phi) is 8.89. The van der Waals surface area contributed by atoms with Gasteiger partial charge in [-0.1, -0.05) is 84.9 Å². The van der Waals surface area contributed by atoms with E-state index in [1.807, 2.05) is 108 Å². The van der Waals surface area contributed by atoms with Crippen molar-refractivity contribution < 1.29 is 9.59 Å². The first-order chi connectivity index (χ1) is 20.0. The Morgan fingerprint density at radius 3 is 2.15 bits per heavy atom. The second kappa shape index (κ2) is 13.1. The number of para-hydroxylation sites is 3. The summed E-state index contributed by atoms with van der Waals surface area (Å²) in [6.07, 6.45) is 1.72. The zero-order chi connectivity index (χ0) is 28.6. The van der Waals surface area contributed by atoms with E-state index in [9.17, 15) is 9.59 Å². The predicted octanol–water partition coefficient (Wildman–Crippen LogP) is 6.44. The number of hydrogen-bond donors (Lipinski definition) is 1. The Labute approximate surface area is 241 Å². The third-order valence-corrected chi connectivity index (χ3v) is 7.17. The van der Waals surface area contributed by atoms with Gasteiger partial charge in [0.05, 0.1) is 17.5 Å². The second-order valence-corrected chi connectivity index (χ2v) is 10.5. The number of hydrogen-bond acceptors (Lipinski definition) is 3. The number of carbonyl (C=O) groups excluding carboxylic acids is 2. The number of imidazole rings is 1. The molecule has 0 bridgehead atoms. The molecule has 0 spiro atoms. The Bertz CT molecular complexity index is 1590. The molecule has 0 aliphatic heterocycles. The summed E-state index contributed by atoms with van der Waals surface area (Å²) in [7, 11) is 0. The van der Waals surface area contributed by atoms with Crippen molar-refractivity contribution in [3.8, 4) is 11.1 Å². The lowest BCUT2D eigenvalue weighted by Crippen LogP contribution is -2.39. The van der Waals surface area contributed by atoms with Crippen LogP contribution < -0.4 is 10.2 Å². The summed E-state index contributed by atoms with van der Waals surface area (Å²) in [4.78, 5) is 32.9. The highest BCUT2D eigenvalue weighted by molar-refractivity contribution is 5.94. The summed E-state index contributed by atoms with van der Waals surface area (Å²) in [5.41, 5.74) is 5.97. The molecule has 41 heavy (non-hydrogen) atoms. The molecule has 1 aromatic heterocycles. The van der Waals surface area contributed by atoms with E-state index >= 15 is 0 Å². The quantitative estimate of drug-likeness (QED) is 0.195. The lowest BCUT2D eigenvalue weighted by molar-refractivity contribution is -0.120. The van der Waals surface area contributed by atoms with Gasteiger partial charge >= 0.3 is 0 Å². The molecular weight excluding hydrogens is 508 g/mol. The predicted molar refractivity (Wildman–Crippen MR) is 166 cm³/mol. The van der Waals surface area contributed by atoms with Gasteiger partial charge in [0.15, 0.2) is 0 Å². The minimum atomic E-state index is -0.00317. The number of benzene rings is 4. The van der Waals surface area contributed by atoms with Crippen LogP contribution in [0.1, 0.15) is 31.7 Å². The first kappa shape index (κ1) is 27.8. The number of amides is 2. The Hall–Kier alpha value is -4.71. The third kappa shape index (κ3) is 6.90. The number of fused-ring (bicyclic) bond motifs is 1. The largest absolute Gasteiger partial charge is 0.356 e. The van der Waals surface area contributed by atoms with Crippen LogP contribution in [0.25, 0.3) is 22.2 Å². The van der Waals surface area contributed by atoms with E-state index in [-0.39, 0.29) is 24.4 Å². The van der Waals surface area contributed by atoms with Crippen LogP contribution in [0.15, 0.2) is 109 Å². The average molecular weight is 545 g/mol. The minimum Gasteiger partial charge on any atom is -0.356 e. The maximum atomic E-state index is 13.6. The molecule has 0 unspecified atom stereocenters. The van der Waals surface area contributed by atoms with E-state index in [0.29, 0.717) is 19.4 Å². The number of nitrogens with one attached hydrogen (secondary N) is 1. The monoisotopic (exact) mass is 544 g/mol. The first-order valence-electron chi connectivity index (χ1n) is 14.2. The van der Waals surface area contributed by atoms with Crippen molar-refractivity contribution >= 4 is 28.5 Å². The van der Waals surface area contributed by atoms with Gasteiger partial charge in [0, 0.05) is 24.7 Å². The molecule has 4 aromatic carbocycles.